The van der Waals surface area contributed by atoms with Crippen LogP contribution in [0.1, 0.15) is 44.9 Å². The van der Waals surface area contributed by atoms with Gasteiger partial charge in [-0.2, -0.15) is 0 Å². The molecule has 0 amide bonds. The van der Waals surface area contributed by atoms with Crippen LogP contribution < -0.4 is 4.90 Å². The molecule has 47 heavy (non-hydrogen) atoms. The third-order valence-corrected chi connectivity index (χ3v) is 10.2. The SMILES string of the molecule is O=C1C2=CC=CCC2C(=O)c2nnn(CCCc3ccc(N4CCN(Cc5cc(S(=O)O)ccc5-c5ccc(Cl)cc5)CC4)cc3)c21. The zero-order valence-corrected chi connectivity index (χ0v) is 27.3. The van der Waals surface area contributed by atoms with Crippen molar-refractivity contribution in [1.29, 1.82) is 0 Å². The fraction of sp³-hybridized carbons (Fsp3) is 0.278. The number of aryl methyl sites for hydroxylation is 2. The van der Waals surface area contributed by atoms with Crippen molar-refractivity contribution in [1.82, 2.24) is 19.9 Å². The number of ketones is 2. The summed E-state index contributed by atoms with van der Waals surface area (Å²) >= 11 is 4.06. The zero-order valence-electron chi connectivity index (χ0n) is 25.7. The van der Waals surface area contributed by atoms with Gasteiger partial charge in [-0.25, -0.2) is 8.89 Å². The second-order valence-electron chi connectivity index (χ2n) is 12.1. The number of Topliss-reactive ketones (excluding diaryl/α,β-unsaturated/α-hetero) is 2. The van der Waals surface area contributed by atoms with Crippen molar-refractivity contribution >= 4 is 39.9 Å². The van der Waals surface area contributed by atoms with Gasteiger partial charge in [-0.1, -0.05) is 65.4 Å². The van der Waals surface area contributed by atoms with E-state index in [1.165, 1.54) is 11.3 Å². The number of rotatable bonds is 9. The standard InChI is InChI=1S/C36H34ClN5O4S/c37-27-11-9-25(10-12-27)30-16-15-29(47(45)46)22-26(30)23-40-18-20-41(21-19-40)28-13-7-24(8-14-28)4-3-17-42-34-33(38-39-42)35(43)31-5-1-2-6-32(31)36(34)44/h1-2,6-16,22,31H,3-5,17-21,23H2,(H,45,46). The average Bonchev–Trinajstić information content (AvgIpc) is 3.53. The molecule has 0 saturated carbocycles. The molecule has 1 N–H and O–H groups in total. The minimum atomic E-state index is -2.05. The van der Waals surface area contributed by atoms with Gasteiger partial charge in [-0.3, -0.25) is 14.5 Å². The first-order chi connectivity index (χ1) is 22.9. The number of carbonyl (C=O) groups is 2. The van der Waals surface area contributed by atoms with Gasteiger partial charge in [-0.05, 0) is 77.9 Å². The summed E-state index contributed by atoms with van der Waals surface area (Å²) in [6.07, 6.45) is 7.60. The maximum Gasteiger partial charge on any atom is 0.210 e. The Hall–Kier alpha value is -4.22. The number of hydrogen-bond donors (Lipinski definition) is 1. The van der Waals surface area contributed by atoms with Crippen LogP contribution in [-0.4, -0.2) is 66.4 Å². The highest BCUT2D eigenvalue weighted by molar-refractivity contribution is 7.79. The first-order valence-electron chi connectivity index (χ1n) is 15.8. The Morgan fingerprint density at radius 2 is 1.72 bits per heavy atom. The minimum absolute atomic E-state index is 0.117. The lowest BCUT2D eigenvalue weighted by molar-refractivity contribution is 0.0874. The molecule has 0 radical (unpaired) electrons. The van der Waals surface area contributed by atoms with E-state index in [0.717, 1.165) is 55.7 Å². The third-order valence-electron chi connectivity index (χ3n) is 9.26. The van der Waals surface area contributed by atoms with Gasteiger partial charge in [0, 0.05) is 55.6 Å². The summed E-state index contributed by atoms with van der Waals surface area (Å²) < 4.78 is 23.1. The normalized spacial score (nSPS) is 18.6. The molecule has 11 heteroatoms. The number of nitrogens with zero attached hydrogens (tertiary/aromatic N) is 5. The quantitative estimate of drug-likeness (QED) is 0.216. The predicted octanol–water partition coefficient (Wildman–Crippen LogP) is 6.02. The Labute approximate surface area is 280 Å². The van der Waals surface area contributed by atoms with E-state index in [0.29, 0.717) is 40.7 Å². The van der Waals surface area contributed by atoms with Crippen molar-refractivity contribution in [3.63, 3.8) is 0 Å². The molecular weight excluding hydrogens is 634 g/mol. The van der Waals surface area contributed by atoms with Crippen molar-refractivity contribution in [2.75, 3.05) is 31.1 Å². The smallest absolute Gasteiger partial charge is 0.210 e. The summed E-state index contributed by atoms with van der Waals surface area (Å²) in [5.41, 5.74) is 6.50. The second-order valence-corrected chi connectivity index (χ2v) is 13.6. The predicted molar refractivity (Wildman–Crippen MR) is 182 cm³/mol. The highest BCUT2D eigenvalue weighted by atomic mass is 35.5. The van der Waals surface area contributed by atoms with E-state index < -0.39 is 17.0 Å². The highest BCUT2D eigenvalue weighted by Crippen LogP contribution is 2.33. The van der Waals surface area contributed by atoms with E-state index in [-0.39, 0.29) is 17.3 Å². The van der Waals surface area contributed by atoms with Crippen LogP contribution in [0.5, 0.6) is 0 Å². The summed E-state index contributed by atoms with van der Waals surface area (Å²) in [4.78, 5) is 31.2. The molecule has 2 unspecified atom stereocenters. The molecule has 7 rings (SSSR count). The monoisotopic (exact) mass is 667 g/mol. The fourth-order valence-corrected chi connectivity index (χ4v) is 7.26. The van der Waals surface area contributed by atoms with Gasteiger partial charge in [0.15, 0.2) is 22.6 Å². The topological polar surface area (TPSA) is 109 Å². The van der Waals surface area contributed by atoms with E-state index in [1.807, 2.05) is 48.6 Å². The Kier molecular flexibility index (Phi) is 9.00. The third kappa shape index (κ3) is 6.51. The maximum atomic E-state index is 13.1. The molecule has 240 valence electrons. The van der Waals surface area contributed by atoms with Crippen LogP contribution in [0.15, 0.2) is 95.4 Å². The summed E-state index contributed by atoms with van der Waals surface area (Å²) in [5.74, 6) is -0.689. The molecule has 9 nitrogen and oxygen atoms in total. The molecule has 3 aromatic carbocycles. The van der Waals surface area contributed by atoms with Crippen molar-refractivity contribution in [3.05, 3.63) is 118 Å². The van der Waals surface area contributed by atoms with Crippen LogP contribution in [0.4, 0.5) is 5.69 Å². The van der Waals surface area contributed by atoms with Crippen LogP contribution in [0.2, 0.25) is 5.02 Å². The summed E-state index contributed by atoms with van der Waals surface area (Å²) in [6, 6.07) is 21.7. The second kappa shape index (κ2) is 13.5. The van der Waals surface area contributed by atoms with Crippen LogP contribution >= 0.6 is 11.6 Å². The van der Waals surface area contributed by atoms with Crippen LogP contribution in [0, 0.1) is 5.92 Å². The average molecular weight is 668 g/mol. The zero-order chi connectivity index (χ0) is 32.5. The summed E-state index contributed by atoms with van der Waals surface area (Å²) in [7, 11) is 0. The molecule has 1 aromatic heterocycles. The Balaban J connectivity index is 0.944. The molecule has 1 fully saturated rings. The first-order valence-corrected chi connectivity index (χ1v) is 17.3. The van der Waals surface area contributed by atoms with Gasteiger partial charge in [-0.15, -0.1) is 5.10 Å². The number of fused-ring (bicyclic) bond motifs is 2. The van der Waals surface area contributed by atoms with Crippen molar-refractivity contribution < 1.29 is 18.4 Å². The molecule has 3 aliphatic rings. The van der Waals surface area contributed by atoms with Crippen molar-refractivity contribution in [3.8, 4) is 11.1 Å². The van der Waals surface area contributed by atoms with E-state index >= 15 is 0 Å². The molecule has 4 aromatic rings. The van der Waals surface area contributed by atoms with E-state index in [1.54, 1.807) is 16.8 Å². The van der Waals surface area contributed by atoms with E-state index in [2.05, 4.69) is 44.4 Å². The van der Waals surface area contributed by atoms with Crippen molar-refractivity contribution in [2.24, 2.45) is 5.92 Å². The lowest BCUT2D eigenvalue weighted by atomic mass is 9.78. The number of piperazine rings is 1. The number of aromatic nitrogens is 3. The van der Waals surface area contributed by atoms with E-state index in [9.17, 15) is 18.4 Å². The fourth-order valence-electron chi connectivity index (χ4n) is 6.71. The lowest BCUT2D eigenvalue weighted by Gasteiger charge is -2.36. The van der Waals surface area contributed by atoms with Crippen LogP contribution in [0.3, 0.4) is 0 Å². The number of benzene rings is 3. The number of hydrogen-bond acceptors (Lipinski definition) is 7. The van der Waals surface area contributed by atoms with Crippen molar-refractivity contribution in [2.45, 2.75) is 37.2 Å². The lowest BCUT2D eigenvalue weighted by Crippen LogP contribution is -2.46. The molecule has 2 atom stereocenters. The highest BCUT2D eigenvalue weighted by Gasteiger charge is 2.41. The first kappa shape index (κ1) is 31.4. The van der Waals surface area contributed by atoms with Gasteiger partial charge in [0.1, 0.15) is 5.69 Å². The molecule has 0 bridgehead atoms. The Morgan fingerprint density at radius 3 is 2.47 bits per heavy atom. The molecule has 2 heterocycles. The number of halogens is 1. The summed E-state index contributed by atoms with van der Waals surface area (Å²) in [6.45, 7) is 4.67. The van der Waals surface area contributed by atoms with Crippen LogP contribution in [-0.2, 0) is 30.6 Å². The van der Waals surface area contributed by atoms with Gasteiger partial charge < -0.3 is 9.45 Å². The van der Waals surface area contributed by atoms with Gasteiger partial charge in [0.2, 0.25) is 5.78 Å². The van der Waals surface area contributed by atoms with Crippen LogP contribution in [0.25, 0.3) is 11.1 Å². The van der Waals surface area contributed by atoms with Gasteiger partial charge >= 0.3 is 0 Å². The molecule has 1 aliphatic heterocycles. The molecule has 1 saturated heterocycles. The van der Waals surface area contributed by atoms with E-state index in [4.69, 9.17) is 11.6 Å². The van der Waals surface area contributed by atoms with Gasteiger partial charge in [0.05, 0.1) is 10.8 Å². The Morgan fingerprint density at radius 1 is 0.957 bits per heavy atom. The molecular formula is C36H34ClN5O4S. The number of allylic oxidation sites excluding steroid dienone is 4. The Bertz CT molecular complexity index is 1910. The minimum Gasteiger partial charge on any atom is -0.369 e. The summed E-state index contributed by atoms with van der Waals surface area (Å²) in [5, 5.41) is 8.92. The largest absolute Gasteiger partial charge is 0.369 e. The maximum absolute atomic E-state index is 13.1. The molecule has 2 aliphatic carbocycles. The molecule has 0 spiro atoms. The number of carbonyl (C=O) groups excluding carboxylic acids is 2. The number of anilines is 1. The van der Waals surface area contributed by atoms with Gasteiger partial charge in [0.25, 0.3) is 0 Å².